The van der Waals surface area contributed by atoms with Crippen molar-refractivity contribution in [3.8, 4) is 11.5 Å². The molecule has 3 aromatic carbocycles. The highest BCUT2D eigenvalue weighted by Crippen LogP contribution is 2.29. The molecule has 150 valence electrons. The van der Waals surface area contributed by atoms with Gasteiger partial charge in [0.05, 0.1) is 22.7 Å². The van der Waals surface area contributed by atoms with Crippen LogP contribution >= 0.6 is 23.2 Å². The van der Waals surface area contributed by atoms with Crippen LogP contribution in [-0.2, 0) is 11.2 Å². The quantitative estimate of drug-likeness (QED) is 0.288. The van der Waals surface area contributed by atoms with E-state index in [0.717, 1.165) is 22.0 Å². The average molecular weight is 438 g/mol. The van der Waals surface area contributed by atoms with Gasteiger partial charge in [0, 0.05) is 23.2 Å². The van der Waals surface area contributed by atoms with Gasteiger partial charge in [-0.25, -0.2) is 5.43 Å². The van der Waals surface area contributed by atoms with Crippen LogP contribution in [0.2, 0.25) is 10.0 Å². The van der Waals surface area contributed by atoms with E-state index in [9.17, 15) is 4.79 Å². The molecular weight excluding hydrogens is 421 g/mol. The smallest absolute Gasteiger partial charge is 0.244 e. The standard InChI is InChI=1S/C23H17Cl2N3O2/c24-20-9-8-18(12-21(20)25)30-17-5-3-4-15(10-17)13-27-28-23(29)11-16-14-26-22-7-2-1-6-19(16)22/h1-10,12-14,26H,11H2,(H,28,29)/b27-13+. The molecule has 0 aliphatic heterocycles. The highest BCUT2D eigenvalue weighted by Gasteiger charge is 2.08. The first kappa shape index (κ1) is 20.0. The number of amides is 1. The first-order valence-electron chi connectivity index (χ1n) is 9.18. The monoisotopic (exact) mass is 437 g/mol. The number of carbonyl (C=O) groups excluding carboxylic acids is 1. The number of para-hydroxylation sites is 1. The maximum atomic E-state index is 12.2. The van der Waals surface area contributed by atoms with E-state index in [2.05, 4.69) is 15.5 Å². The van der Waals surface area contributed by atoms with Crippen molar-refractivity contribution in [2.45, 2.75) is 6.42 Å². The van der Waals surface area contributed by atoms with Crippen molar-refractivity contribution < 1.29 is 9.53 Å². The summed E-state index contributed by atoms with van der Waals surface area (Å²) in [6.07, 6.45) is 3.65. The van der Waals surface area contributed by atoms with E-state index >= 15 is 0 Å². The Morgan fingerprint density at radius 3 is 2.70 bits per heavy atom. The van der Waals surface area contributed by atoms with E-state index in [4.69, 9.17) is 27.9 Å². The van der Waals surface area contributed by atoms with Crippen LogP contribution in [-0.4, -0.2) is 17.1 Å². The lowest BCUT2D eigenvalue weighted by Crippen LogP contribution is -2.19. The normalized spacial score (nSPS) is 11.1. The number of halogens is 2. The van der Waals surface area contributed by atoms with Gasteiger partial charge in [0.25, 0.3) is 0 Å². The Labute approximate surface area is 183 Å². The molecule has 0 aliphatic carbocycles. The lowest BCUT2D eigenvalue weighted by molar-refractivity contribution is -0.120. The van der Waals surface area contributed by atoms with Crippen molar-refractivity contribution in [3.05, 3.63) is 94.1 Å². The Morgan fingerprint density at radius 1 is 1.00 bits per heavy atom. The number of fused-ring (bicyclic) bond motifs is 1. The molecule has 5 nitrogen and oxygen atoms in total. The minimum absolute atomic E-state index is 0.195. The van der Waals surface area contributed by atoms with Gasteiger partial charge in [-0.3, -0.25) is 4.79 Å². The van der Waals surface area contributed by atoms with Gasteiger partial charge in [-0.2, -0.15) is 5.10 Å². The number of aromatic nitrogens is 1. The summed E-state index contributed by atoms with van der Waals surface area (Å²) in [5, 5.41) is 5.97. The number of hydrogen-bond acceptors (Lipinski definition) is 3. The van der Waals surface area contributed by atoms with Crippen molar-refractivity contribution in [1.82, 2.24) is 10.4 Å². The second-order valence-electron chi connectivity index (χ2n) is 6.58. The van der Waals surface area contributed by atoms with Gasteiger partial charge in [0.15, 0.2) is 0 Å². The third-order valence-corrected chi connectivity index (χ3v) is 5.15. The number of nitrogens with one attached hydrogen (secondary N) is 2. The van der Waals surface area contributed by atoms with Gasteiger partial charge in [-0.1, -0.05) is 53.5 Å². The van der Waals surface area contributed by atoms with E-state index in [0.29, 0.717) is 21.5 Å². The lowest BCUT2D eigenvalue weighted by Gasteiger charge is -2.07. The van der Waals surface area contributed by atoms with Crippen LogP contribution in [0.25, 0.3) is 10.9 Å². The molecular formula is C23H17Cl2N3O2. The minimum Gasteiger partial charge on any atom is -0.457 e. The van der Waals surface area contributed by atoms with Crippen LogP contribution in [0, 0.1) is 0 Å². The van der Waals surface area contributed by atoms with Gasteiger partial charge in [0.1, 0.15) is 11.5 Å². The van der Waals surface area contributed by atoms with Crippen molar-refractivity contribution in [3.63, 3.8) is 0 Å². The molecule has 2 N–H and O–H groups in total. The maximum absolute atomic E-state index is 12.2. The number of aromatic amines is 1. The van der Waals surface area contributed by atoms with Gasteiger partial charge >= 0.3 is 0 Å². The van der Waals surface area contributed by atoms with Crippen LogP contribution in [0.5, 0.6) is 11.5 Å². The number of hydrazone groups is 1. The summed E-state index contributed by atoms with van der Waals surface area (Å²) < 4.78 is 5.80. The molecule has 0 saturated heterocycles. The molecule has 4 rings (SSSR count). The number of rotatable bonds is 6. The fourth-order valence-electron chi connectivity index (χ4n) is 3.00. The molecule has 0 fully saturated rings. The fraction of sp³-hybridized carbons (Fsp3) is 0.0435. The Hall–Kier alpha value is -3.28. The molecule has 1 heterocycles. The number of nitrogens with zero attached hydrogens (tertiary/aromatic N) is 1. The summed E-state index contributed by atoms with van der Waals surface area (Å²) in [6.45, 7) is 0. The van der Waals surface area contributed by atoms with Crippen molar-refractivity contribution in [1.29, 1.82) is 0 Å². The topological polar surface area (TPSA) is 66.5 Å². The number of benzene rings is 3. The fourth-order valence-corrected chi connectivity index (χ4v) is 3.29. The zero-order chi connectivity index (χ0) is 20.9. The molecule has 0 spiro atoms. The molecule has 1 amide bonds. The van der Waals surface area contributed by atoms with Gasteiger partial charge in [0.2, 0.25) is 5.91 Å². The van der Waals surface area contributed by atoms with E-state index in [1.165, 1.54) is 0 Å². The second-order valence-corrected chi connectivity index (χ2v) is 7.39. The number of hydrogen-bond donors (Lipinski definition) is 2. The molecule has 0 atom stereocenters. The molecule has 30 heavy (non-hydrogen) atoms. The molecule has 0 saturated carbocycles. The van der Waals surface area contributed by atoms with Gasteiger partial charge < -0.3 is 9.72 Å². The Morgan fingerprint density at radius 2 is 1.83 bits per heavy atom. The summed E-state index contributed by atoms with van der Waals surface area (Å²) in [5.41, 5.74) is 5.27. The molecule has 0 bridgehead atoms. The molecule has 0 aliphatic rings. The first-order valence-corrected chi connectivity index (χ1v) is 9.94. The Balaban J connectivity index is 1.37. The summed E-state index contributed by atoms with van der Waals surface area (Å²) >= 11 is 11.9. The predicted octanol–water partition coefficient (Wildman–Crippen LogP) is 5.96. The summed E-state index contributed by atoms with van der Waals surface area (Å²) in [6, 6.07) is 20.2. The number of ether oxygens (including phenoxy) is 1. The van der Waals surface area contributed by atoms with E-state index in [1.807, 2.05) is 48.7 Å². The van der Waals surface area contributed by atoms with Crippen LogP contribution in [0.15, 0.2) is 78.0 Å². The third-order valence-electron chi connectivity index (χ3n) is 4.41. The summed E-state index contributed by atoms with van der Waals surface area (Å²) in [7, 11) is 0. The molecule has 0 unspecified atom stereocenters. The zero-order valence-electron chi connectivity index (χ0n) is 15.7. The van der Waals surface area contributed by atoms with Gasteiger partial charge in [-0.15, -0.1) is 0 Å². The second kappa shape index (κ2) is 9.03. The summed E-state index contributed by atoms with van der Waals surface area (Å²) in [5.74, 6) is 0.993. The van der Waals surface area contributed by atoms with E-state index in [-0.39, 0.29) is 12.3 Å². The van der Waals surface area contributed by atoms with Crippen LogP contribution < -0.4 is 10.2 Å². The third kappa shape index (κ3) is 4.82. The van der Waals surface area contributed by atoms with E-state index < -0.39 is 0 Å². The minimum atomic E-state index is -0.195. The van der Waals surface area contributed by atoms with E-state index in [1.54, 1.807) is 30.5 Å². The number of H-pyrrole nitrogens is 1. The van der Waals surface area contributed by atoms with Crippen molar-refractivity contribution in [2.24, 2.45) is 5.10 Å². The van der Waals surface area contributed by atoms with Crippen molar-refractivity contribution >= 4 is 46.2 Å². The number of carbonyl (C=O) groups is 1. The SMILES string of the molecule is O=C(Cc1c[nH]c2ccccc12)N/N=C/c1cccc(Oc2ccc(Cl)c(Cl)c2)c1. The summed E-state index contributed by atoms with van der Waals surface area (Å²) in [4.78, 5) is 15.4. The Kier molecular flexibility index (Phi) is 6.02. The highest BCUT2D eigenvalue weighted by atomic mass is 35.5. The molecule has 1 aromatic heterocycles. The lowest BCUT2D eigenvalue weighted by atomic mass is 10.1. The van der Waals surface area contributed by atoms with Crippen LogP contribution in [0.1, 0.15) is 11.1 Å². The first-order chi connectivity index (χ1) is 14.6. The largest absolute Gasteiger partial charge is 0.457 e. The van der Waals surface area contributed by atoms with Crippen molar-refractivity contribution in [2.75, 3.05) is 0 Å². The molecule has 0 radical (unpaired) electrons. The predicted molar refractivity (Wildman–Crippen MR) is 121 cm³/mol. The van der Waals surface area contributed by atoms with Gasteiger partial charge in [-0.05, 0) is 41.5 Å². The molecule has 7 heteroatoms. The Bertz CT molecular complexity index is 1230. The zero-order valence-corrected chi connectivity index (χ0v) is 17.2. The maximum Gasteiger partial charge on any atom is 0.244 e. The van der Waals surface area contributed by atoms with Crippen LogP contribution in [0.3, 0.4) is 0 Å². The molecule has 4 aromatic rings. The highest BCUT2D eigenvalue weighted by molar-refractivity contribution is 6.42. The average Bonchev–Trinajstić information content (AvgIpc) is 3.14. The van der Waals surface area contributed by atoms with Crippen LogP contribution in [0.4, 0.5) is 0 Å².